The van der Waals surface area contributed by atoms with Crippen molar-refractivity contribution in [1.29, 1.82) is 0 Å². The molecule has 17 heavy (non-hydrogen) atoms. The van der Waals surface area contributed by atoms with E-state index in [4.69, 9.17) is 10.8 Å². The lowest BCUT2D eigenvalue weighted by molar-refractivity contribution is -0.150. The van der Waals surface area contributed by atoms with Crippen molar-refractivity contribution in [2.45, 2.75) is 45.1 Å². The van der Waals surface area contributed by atoms with Crippen molar-refractivity contribution in [3.8, 4) is 0 Å². The number of carbonyl (C=O) groups excluding carboxylic acids is 1. The van der Waals surface area contributed by atoms with Crippen LogP contribution >= 0.6 is 0 Å². The zero-order valence-electron chi connectivity index (χ0n) is 10.6. The fraction of sp³-hybridized carbons (Fsp3) is 0.833. The van der Waals surface area contributed by atoms with Crippen LogP contribution in [0.25, 0.3) is 0 Å². The first kappa shape index (κ1) is 14.0. The summed E-state index contributed by atoms with van der Waals surface area (Å²) in [6.45, 7) is 2.28. The summed E-state index contributed by atoms with van der Waals surface area (Å²) < 4.78 is 0. The molecule has 1 saturated carbocycles. The molecule has 0 heterocycles. The molecule has 0 spiro atoms. The van der Waals surface area contributed by atoms with E-state index in [1.54, 1.807) is 14.0 Å². The summed E-state index contributed by atoms with van der Waals surface area (Å²) in [5.74, 6) is -1.05. The molecule has 1 amide bonds. The Kier molecular flexibility index (Phi) is 4.51. The Hall–Kier alpha value is -1.10. The summed E-state index contributed by atoms with van der Waals surface area (Å²) in [4.78, 5) is 24.3. The fourth-order valence-corrected chi connectivity index (χ4v) is 2.36. The minimum atomic E-state index is -0.946. The number of rotatable bonds is 6. The van der Waals surface area contributed by atoms with Gasteiger partial charge in [0.25, 0.3) is 0 Å². The summed E-state index contributed by atoms with van der Waals surface area (Å²) in [6, 6.07) is -0.725. The molecule has 1 fully saturated rings. The average molecular weight is 242 g/mol. The Morgan fingerprint density at radius 3 is 2.35 bits per heavy atom. The normalized spacial score (nSPS) is 19.2. The van der Waals surface area contributed by atoms with Gasteiger partial charge in [-0.3, -0.25) is 4.79 Å². The van der Waals surface area contributed by atoms with E-state index in [-0.39, 0.29) is 11.3 Å². The van der Waals surface area contributed by atoms with Gasteiger partial charge in [0, 0.05) is 13.5 Å². The molecule has 5 heteroatoms. The molecular formula is C12H22N2O3. The largest absolute Gasteiger partial charge is 0.480 e. The smallest absolute Gasteiger partial charge is 0.326 e. The Bertz CT molecular complexity index is 295. The van der Waals surface area contributed by atoms with Gasteiger partial charge in [-0.05, 0) is 31.2 Å². The minimum Gasteiger partial charge on any atom is -0.480 e. The number of likely N-dealkylation sites (N-methyl/N-ethyl adjacent to an activating group) is 1. The third-order valence-electron chi connectivity index (χ3n) is 3.91. The molecule has 5 nitrogen and oxygen atoms in total. The van der Waals surface area contributed by atoms with Gasteiger partial charge in [-0.15, -0.1) is 0 Å². The number of hydrogen-bond donors (Lipinski definition) is 2. The lowest BCUT2D eigenvalue weighted by atomic mass is 9.66. The van der Waals surface area contributed by atoms with Gasteiger partial charge in [0.1, 0.15) is 6.04 Å². The first-order valence-corrected chi connectivity index (χ1v) is 6.14. The third-order valence-corrected chi connectivity index (χ3v) is 3.91. The van der Waals surface area contributed by atoms with Crippen LogP contribution in [0.1, 0.15) is 39.0 Å². The van der Waals surface area contributed by atoms with E-state index in [1.807, 2.05) is 0 Å². The molecule has 1 unspecified atom stereocenters. The van der Waals surface area contributed by atoms with Crippen LogP contribution in [0, 0.1) is 5.41 Å². The van der Waals surface area contributed by atoms with E-state index in [0.29, 0.717) is 19.4 Å². The van der Waals surface area contributed by atoms with Gasteiger partial charge in [0.2, 0.25) is 5.91 Å². The van der Waals surface area contributed by atoms with Gasteiger partial charge < -0.3 is 15.7 Å². The molecule has 1 rings (SSSR count). The van der Waals surface area contributed by atoms with Crippen molar-refractivity contribution < 1.29 is 14.7 Å². The van der Waals surface area contributed by atoms with E-state index < -0.39 is 12.0 Å². The quantitative estimate of drug-likeness (QED) is 0.722. The molecule has 0 saturated heterocycles. The molecule has 0 aromatic carbocycles. The highest BCUT2D eigenvalue weighted by Gasteiger charge is 2.39. The van der Waals surface area contributed by atoms with Gasteiger partial charge in [-0.1, -0.05) is 13.3 Å². The Morgan fingerprint density at radius 1 is 1.47 bits per heavy atom. The summed E-state index contributed by atoms with van der Waals surface area (Å²) in [7, 11) is 1.56. The molecule has 1 aliphatic rings. The van der Waals surface area contributed by atoms with E-state index in [1.165, 1.54) is 4.90 Å². The number of carboxylic acid groups (broad SMARTS) is 1. The maximum absolute atomic E-state index is 12.0. The second kappa shape index (κ2) is 5.49. The standard InChI is InChI=1S/C12H22N2O3/c1-3-9(11(16)17)14(2)10(15)7-12(8-13)5-4-6-12/h9H,3-8,13H2,1-2H3,(H,16,17). The molecule has 0 aromatic rings. The van der Waals surface area contributed by atoms with E-state index in [2.05, 4.69) is 0 Å². The number of hydrogen-bond acceptors (Lipinski definition) is 3. The third kappa shape index (κ3) is 2.97. The van der Waals surface area contributed by atoms with Crippen LogP contribution in [0.15, 0.2) is 0 Å². The zero-order valence-corrected chi connectivity index (χ0v) is 10.6. The summed E-state index contributed by atoms with van der Waals surface area (Å²) in [6.07, 6.45) is 3.88. The predicted octanol–water partition coefficient (Wildman–Crippen LogP) is 0.827. The zero-order chi connectivity index (χ0) is 13.1. The fourth-order valence-electron chi connectivity index (χ4n) is 2.36. The Morgan fingerprint density at radius 2 is 2.06 bits per heavy atom. The molecular weight excluding hydrogens is 220 g/mol. The molecule has 1 atom stereocenters. The first-order chi connectivity index (χ1) is 7.95. The van der Waals surface area contributed by atoms with Crippen LogP contribution in [-0.2, 0) is 9.59 Å². The van der Waals surface area contributed by atoms with Crippen molar-refractivity contribution in [3.63, 3.8) is 0 Å². The van der Waals surface area contributed by atoms with Crippen LogP contribution < -0.4 is 5.73 Å². The molecule has 0 aliphatic heterocycles. The topological polar surface area (TPSA) is 83.6 Å². The molecule has 98 valence electrons. The predicted molar refractivity (Wildman–Crippen MR) is 64.4 cm³/mol. The van der Waals surface area contributed by atoms with Gasteiger partial charge in [-0.2, -0.15) is 0 Å². The van der Waals surface area contributed by atoms with Gasteiger partial charge in [-0.25, -0.2) is 4.79 Å². The molecule has 1 aliphatic carbocycles. The number of carboxylic acids is 1. The van der Waals surface area contributed by atoms with Crippen molar-refractivity contribution in [2.24, 2.45) is 11.1 Å². The first-order valence-electron chi connectivity index (χ1n) is 6.14. The van der Waals surface area contributed by atoms with E-state index in [9.17, 15) is 9.59 Å². The van der Waals surface area contributed by atoms with Crippen LogP contribution in [0.5, 0.6) is 0 Å². The van der Waals surface area contributed by atoms with Crippen LogP contribution in [-0.4, -0.2) is 41.5 Å². The Balaban J connectivity index is 2.60. The van der Waals surface area contributed by atoms with Gasteiger partial charge in [0.05, 0.1) is 0 Å². The highest BCUT2D eigenvalue weighted by Crippen LogP contribution is 2.43. The van der Waals surface area contributed by atoms with Crippen molar-refractivity contribution in [2.75, 3.05) is 13.6 Å². The highest BCUT2D eigenvalue weighted by molar-refractivity contribution is 5.83. The number of nitrogens with two attached hydrogens (primary N) is 1. The highest BCUT2D eigenvalue weighted by atomic mass is 16.4. The monoisotopic (exact) mass is 242 g/mol. The second-order valence-electron chi connectivity index (χ2n) is 5.00. The van der Waals surface area contributed by atoms with Crippen molar-refractivity contribution in [3.05, 3.63) is 0 Å². The molecule has 0 radical (unpaired) electrons. The van der Waals surface area contributed by atoms with Crippen LogP contribution in [0.3, 0.4) is 0 Å². The van der Waals surface area contributed by atoms with E-state index in [0.717, 1.165) is 19.3 Å². The molecule has 3 N–H and O–H groups in total. The number of aliphatic carboxylic acids is 1. The van der Waals surface area contributed by atoms with Crippen LogP contribution in [0.2, 0.25) is 0 Å². The summed E-state index contributed by atoms with van der Waals surface area (Å²) >= 11 is 0. The lowest BCUT2D eigenvalue weighted by Gasteiger charge is -2.41. The van der Waals surface area contributed by atoms with Gasteiger partial charge >= 0.3 is 5.97 Å². The maximum atomic E-state index is 12.0. The number of nitrogens with zero attached hydrogens (tertiary/aromatic N) is 1. The van der Waals surface area contributed by atoms with Crippen LogP contribution in [0.4, 0.5) is 0 Å². The number of amides is 1. The van der Waals surface area contributed by atoms with Crippen molar-refractivity contribution in [1.82, 2.24) is 4.90 Å². The molecule has 0 bridgehead atoms. The maximum Gasteiger partial charge on any atom is 0.326 e. The van der Waals surface area contributed by atoms with Crippen molar-refractivity contribution >= 4 is 11.9 Å². The summed E-state index contributed by atoms with van der Waals surface area (Å²) in [5, 5.41) is 9.00. The number of carbonyl (C=O) groups is 2. The molecule has 0 aromatic heterocycles. The Labute approximate surface area is 102 Å². The second-order valence-corrected chi connectivity index (χ2v) is 5.00. The lowest BCUT2D eigenvalue weighted by Crippen LogP contribution is -2.47. The SMILES string of the molecule is CCC(C(=O)O)N(C)C(=O)CC1(CN)CCC1. The van der Waals surface area contributed by atoms with E-state index >= 15 is 0 Å². The van der Waals surface area contributed by atoms with Gasteiger partial charge in [0.15, 0.2) is 0 Å². The summed E-state index contributed by atoms with van der Waals surface area (Å²) in [5.41, 5.74) is 5.63. The minimum absolute atomic E-state index is 0.0673. The average Bonchev–Trinajstić information content (AvgIpc) is 2.23.